The van der Waals surface area contributed by atoms with Gasteiger partial charge in [0.05, 0.1) is 112 Å². The maximum absolute atomic E-state index is 11.0. The Hall–Kier alpha value is -1.91. The number of amides is 1. The number of ether oxygens (including phenoxy) is 11. The van der Waals surface area contributed by atoms with Crippen molar-refractivity contribution in [2.24, 2.45) is 0 Å². The van der Waals surface area contributed by atoms with Gasteiger partial charge in [-0.1, -0.05) is 0 Å². The Morgan fingerprint density at radius 1 is 0.614 bits per heavy atom. The second-order valence-corrected chi connectivity index (χ2v) is 9.62. The molecule has 0 bridgehead atoms. The number of hydrogen-bond donors (Lipinski definition) is 1. The first-order valence-electron chi connectivity index (χ1n) is 15.6. The molecule has 0 aromatic heterocycles. The van der Waals surface area contributed by atoms with Gasteiger partial charge in [-0.3, -0.25) is 4.79 Å². The van der Waals surface area contributed by atoms with E-state index in [2.05, 4.69) is 5.32 Å². The van der Waals surface area contributed by atoms with E-state index in [1.54, 1.807) is 24.3 Å². The number of benzene rings is 1. The molecule has 1 aromatic rings. The second-order valence-electron chi connectivity index (χ2n) is 9.62. The fourth-order valence-electron chi connectivity index (χ4n) is 3.78. The number of rotatable bonds is 30. The Morgan fingerprint density at radius 3 is 1.41 bits per heavy atom. The monoisotopic (exact) mass is 631 g/mol. The molecule has 1 N–H and O–H groups in total. The summed E-state index contributed by atoms with van der Waals surface area (Å²) in [5.74, 6) is 0.613. The summed E-state index contributed by atoms with van der Waals surface area (Å²) in [4.78, 5) is 11.0. The third-order valence-electron chi connectivity index (χ3n) is 5.94. The van der Waals surface area contributed by atoms with Crippen molar-refractivity contribution < 1.29 is 56.9 Å². The van der Waals surface area contributed by atoms with Crippen LogP contribution >= 0.6 is 0 Å². The summed E-state index contributed by atoms with van der Waals surface area (Å²) in [5, 5.41) is 2.71. The Balaban J connectivity index is 1.17. The van der Waals surface area contributed by atoms with Gasteiger partial charge in [0.15, 0.2) is 6.29 Å². The average molecular weight is 632 g/mol. The fraction of sp³-hybridized carbons (Fsp3) is 0.774. The lowest BCUT2D eigenvalue weighted by Crippen LogP contribution is -2.24. The van der Waals surface area contributed by atoms with E-state index in [1.165, 1.54) is 6.92 Å². The van der Waals surface area contributed by atoms with E-state index in [9.17, 15) is 4.79 Å². The van der Waals surface area contributed by atoms with Crippen LogP contribution in [0, 0.1) is 0 Å². The molecule has 1 saturated heterocycles. The van der Waals surface area contributed by atoms with E-state index in [0.29, 0.717) is 119 Å². The Kier molecular flexibility index (Phi) is 24.8. The van der Waals surface area contributed by atoms with Gasteiger partial charge in [-0.05, 0) is 43.5 Å². The van der Waals surface area contributed by atoms with E-state index < -0.39 is 0 Å². The molecule has 1 aliphatic rings. The molecule has 1 aliphatic heterocycles. The summed E-state index contributed by atoms with van der Waals surface area (Å²) in [6, 6.07) is 7.18. The van der Waals surface area contributed by atoms with Crippen molar-refractivity contribution in [3.63, 3.8) is 0 Å². The highest BCUT2D eigenvalue weighted by molar-refractivity contribution is 5.88. The molecule has 1 unspecified atom stereocenters. The van der Waals surface area contributed by atoms with Gasteiger partial charge in [0.1, 0.15) is 12.4 Å². The van der Waals surface area contributed by atoms with Crippen molar-refractivity contribution in [3.8, 4) is 5.75 Å². The molecule has 1 atom stereocenters. The lowest BCUT2D eigenvalue weighted by molar-refractivity contribution is -0.169. The molecule has 1 aromatic carbocycles. The highest BCUT2D eigenvalue weighted by atomic mass is 16.7. The standard InChI is InChI=1S/C31H53NO12/c1-28(33)32-29-5-7-30(8-6-29)42-26-24-40-22-20-38-18-16-36-14-12-34-10-11-35-13-15-37-17-19-39-21-23-41-25-27-44-31-4-2-3-9-43-31/h5-8,31H,2-4,9-27H2,1H3,(H,32,33). The predicted octanol–water partition coefficient (Wildman–Crippen LogP) is 2.70. The number of hydrogen-bond acceptors (Lipinski definition) is 12. The molecule has 0 saturated carbocycles. The van der Waals surface area contributed by atoms with Gasteiger partial charge in [-0.15, -0.1) is 0 Å². The third kappa shape index (κ3) is 23.5. The van der Waals surface area contributed by atoms with E-state index >= 15 is 0 Å². The zero-order valence-electron chi connectivity index (χ0n) is 26.3. The van der Waals surface area contributed by atoms with Gasteiger partial charge in [-0.2, -0.15) is 0 Å². The topological polar surface area (TPSA) is 131 Å². The van der Waals surface area contributed by atoms with Crippen LogP contribution in [0.3, 0.4) is 0 Å². The van der Waals surface area contributed by atoms with Crippen molar-refractivity contribution in [1.82, 2.24) is 0 Å². The van der Waals surface area contributed by atoms with Crippen LogP contribution in [0.2, 0.25) is 0 Å². The molecule has 1 amide bonds. The van der Waals surface area contributed by atoms with Gasteiger partial charge >= 0.3 is 0 Å². The summed E-state index contributed by atoms with van der Waals surface area (Å²) < 4.78 is 60.6. The normalized spacial score (nSPS) is 15.0. The summed E-state index contributed by atoms with van der Waals surface area (Å²) in [5.41, 5.74) is 0.733. The first-order chi connectivity index (χ1) is 21.7. The quantitative estimate of drug-likeness (QED) is 0.125. The Bertz CT molecular complexity index is 779. The number of carbonyl (C=O) groups excluding carboxylic acids is 1. The predicted molar refractivity (Wildman–Crippen MR) is 162 cm³/mol. The molecule has 1 heterocycles. The molecular formula is C31H53NO12. The maximum Gasteiger partial charge on any atom is 0.221 e. The van der Waals surface area contributed by atoms with Crippen LogP contribution < -0.4 is 10.1 Å². The molecule has 0 radical (unpaired) electrons. The third-order valence-corrected chi connectivity index (χ3v) is 5.94. The van der Waals surface area contributed by atoms with Gasteiger partial charge < -0.3 is 57.4 Å². The molecule has 2 rings (SSSR count). The molecule has 1 fully saturated rings. The van der Waals surface area contributed by atoms with Crippen LogP contribution in [-0.2, 0) is 52.2 Å². The van der Waals surface area contributed by atoms with E-state index in [0.717, 1.165) is 37.3 Å². The van der Waals surface area contributed by atoms with Crippen LogP contribution in [0.5, 0.6) is 5.75 Å². The smallest absolute Gasteiger partial charge is 0.221 e. The summed E-state index contributed by atoms with van der Waals surface area (Å²) in [6.07, 6.45) is 3.18. The van der Waals surface area contributed by atoms with Crippen LogP contribution in [0.4, 0.5) is 5.69 Å². The lowest BCUT2D eigenvalue weighted by atomic mass is 10.2. The van der Waals surface area contributed by atoms with Crippen molar-refractivity contribution in [3.05, 3.63) is 24.3 Å². The van der Waals surface area contributed by atoms with Crippen LogP contribution in [0.25, 0.3) is 0 Å². The Morgan fingerprint density at radius 2 is 1.02 bits per heavy atom. The zero-order valence-corrected chi connectivity index (χ0v) is 26.3. The van der Waals surface area contributed by atoms with E-state index in [-0.39, 0.29) is 12.2 Å². The van der Waals surface area contributed by atoms with Crippen molar-refractivity contribution in [2.45, 2.75) is 32.5 Å². The van der Waals surface area contributed by atoms with Crippen molar-refractivity contribution >= 4 is 11.6 Å². The van der Waals surface area contributed by atoms with E-state index in [4.69, 9.17) is 52.1 Å². The van der Waals surface area contributed by atoms with Crippen molar-refractivity contribution in [1.29, 1.82) is 0 Å². The second kappa shape index (κ2) is 28.6. The first kappa shape index (κ1) is 38.3. The highest BCUT2D eigenvalue weighted by Crippen LogP contribution is 2.15. The molecule has 44 heavy (non-hydrogen) atoms. The number of carbonyl (C=O) groups is 1. The molecule has 0 aliphatic carbocycles. The lowest BCUT2D eigenvalue weighted by Gasteiger charge is -2.22. The minimum absolute atomic E-state index is 0.0678. The average Bonchev–Trinajstić information content (AvgIpc) is 3.03. The van der Waals surface area contributed by atoms with Gasteiger partial charge in [-0.25, -0.2) is 0 Å². The number of nitrogens with one attached hydrogen (secondary N) is 1. The van der Waals surface area contributed by atoms with Crippen LogP contribution in [0.1, 0.15) is 26.2 Å². The summed E-state index contributed by atoms with van der Waals surface area (Å²) >= 11 is 0. The van der Waals surface area contributed by atoms with Gasteiger partial charge in [0, 0.05) is 19.2 Å². The van der Waals surface area contributed by atoms with Gasteiger partial charge in [0.25, 0.3) is 0 Å². The highest BCUT2D eigenvalue weighted by Gasteiger charge is 2.13. The number of anilines is 1. The summed E-state index contributed by atoms with van der Waals surface area (Å²) in [6.45, 7) is 11.3. The van der Waals surface area contributed by atoms with Crippen LogP contribution in [-0.4, -0.2) is 138 Å². The maximum atomic E-state index is 11.0. The first-order valence-corrected chi connectivity index (χ1v) is 15.6. The minimum atomic E-state index is -0.106. The van der Waals surface area contributed by atoms with Crippen LogP contribution in [0.15, 0.2) is 24.3 Å². The Labute approximate surface area is 262 Å². The zero-order chi connectivity index (χ0) is 31.2. The van der Waals surface area contributed by atoms with E-state index in [1.807, 2.05) is 0 Å². The molecule has 0 spiro atoms. The van der Waals surface area contributed by atoms with Gasteiger partial charge in [0.2, 0.25) is 5.91 Å². The SMILES string of the molecule is CC(=O)Nc1ccc(OCCOCCOCCOCCOCCOCCOCCOCCOCCOC2CCCCO2)cc1. The molecule has 13 heteroatoms. The van der Waals surface area contributed by atoms with Crippen molar-refractivity contribution in [2.75, 3.05) is 131 Å². The minimum Gasteiger partial charge on any atom is -0.491 e. The fourth-order valence-corrected chi connectivity index (χ4v) is 3.78. The summed E-state index contributed by atoms with van der Waals surface area (Å²) in [7, 11) is 0. The molecule has 254 valence electrons. The molecule has 13 nitrogen and oxygen atoms in total. The largest absolute Gasteiger partial charge is 0.491 e. The molecular weight excluding hydrogens is 578 g/mol.